The fourth-order valence-corrected chi connectivity index (χ4v) is 3.58. The fraction of sp³-hybridized carbons (Fsp3) is 0.300. The second kappa shape index (κ2) is 7.17. The Morgan fingerprint density at radius 2 is 2.15 bits per heavy atom. The van der Waals surface area contributed by atoms with Crippen molar-refractivity contribution in [3.8, 4) is 23.1 Å². The van der Waals surface area contributed by atoms with Crippen molar-refractivity contribution in [1.29, 1.82) is 5.26 Å². The lowest BCUT2D eigenvalue weighted by atomic mass is 10.0. The van der Waals surface area contributed by atoms with Crippen molar-refractivity contribution in [2.75, 3.05) is 25.5 Å². The van der Waals surface area contributed by atoms with Crippen LogP contribution in [-0.2, 0) is 0 Å². The lowest BCUT2D eigenvalue weighted by Gasteiger charge is -2.30. The van der Waals surface area contributed by atoms with Crippen molar-refractivity contribution in [1.82, 2.24) is 20.1 Å². The fourth-order valence-electron chi connectivity index (χ4n) is 3.58. The average Bonchev–Trinajstić information content (AvgIpc) is 2.68. The van der Waals surface area contributed by atoms with Crippen molar-refractivity contribution in [3.63, 3.8) is 0 Å². The Morgan fingerprint density at radius 3 is 2.93 bits per heavy atom. The maximum atomic E-state index is 10.3. The third-order valence-corrected chi connectivity index (χ3v) is 4.93. The van der Waals surface area contributed by atoms with Crippen LogP contribution in [0.1, 0.15) is 18.4 Å². The molecular formula is C20H20N6O. The molecule has 1 fully saturated rings. The number of anilines is 1. The number of hydrogen-bond acceptors (Lipinski definition) is 7. The maximum absolute atomic E-state index is 10.3. The number of rotatable bonds is 3. The number of likely N-dealkylation sites (N-methyl/N-ethyl adjacent to an activating group) is 1. The molecule has 1 aliphatic rings. The van der Waals surface area contributed by atoms with Gasteiger partial charge in [0.2, 0.25) is 0 Å². The van der Waals surface area contributed by atoms with Crippen molar-refractivity contribution in [2.24, 2.45) is 0 Å². The minimum Gasteiger partial charge on any atom is -0.507 e. The third-order valence-electron chi connectivity index (χ3n) is 4.93. The van der Waals surface area contributed by atoms with Crippen LogP contribution in [0.3, 0.4) is 0 Å². The molecule has 0 bridgehead atoms. The van der Waals surface area contributed by atoms with E-state index in [1.807, 2.05) is 12.1 Å². The van der Waals surface area contributed by atoms with Crippen molar-refractivity contribution in [2.45, 2.75) is 18.9 Å². The average molecular weight is 360 g/mol. The number of likely N-dealkylation sites (tertiary alicyclic amines) is 1. The maximum Gasteiger partial charge on any atom is 0.158 e. The van der Waals surface area contributed by atoms with Gasteiger partial charge in [-0.05, 0) is 50.7 Å². The Hall–Kier alpha value is -3.24. The Bertz CT molecular complexity index is 1030. The number of phenolic OH excluding ortho intramolecular Hbond substituents is 1. The van der Waals surface area contributed by atoms with E-state index in [1.165, 1.54) is 6.07 Å². The first-order valence-electron chi connectivity index (χ1n) is 8.94. The molecule has 7 heteroatoms. The Labute approximate surface area is 157 Å². The van der Waals surface area contributed by atoms with Gasteiger partial charge in [0.1, 0.15) is 11.4 Å². The summed E-state index contributed by atoms with van der Waals surface area (Å²) in [4.78, 5) is 6.55. The Kier molecular flexibility index (Phi) is 4.57. The normalized spacial score (nSPS) is 17.6. The van der Waals surface area contributed by atoms with E-state index < -0.39 is 0 Å². The van der Waals surface area contributed by atoms with Gasteiger partial charge in [-0.3, -0.25) is 4.98 Å². The van der Waals surface area contributed by atoms with E-state index in [2.05, 4.69) is 32.4 Å². The second-order valence-corrected chi connectivity index (χ2v) is 6.91. The molecule has 0 saturated carbocycles. The molecule has 3 heterocycles. The quantitative estimate of drug-likeness (QED) is 0.741. The predicted molar refractivity (Wildman–Crippen MR) is 103 cm³/mol. The van der Waals surface area contributed by atoms with Gasteiger partial charge in [-0.2, -0.15) is 5.26 Å². The van der Waals surface area contributed by atoms with Crippen molar-refractivity contribution in [3.05, 3.63) is 42.2 Å². The number of benzene rings is 1. The van der Waals surface area contributed by atoms with Gasteiger partial charge in [-0.25, -0.2) is 0 Å². The highest BCUT2D eigenvalue weighted by Gasteiger charge is 2.20. The number of nitrogens with one attached hydrogen (secondary N) is 1. The summed E-state index contributed by atoms with van der Waals surface area (Å²) < 4.78 is 0. The zero-order valence-corrected chi connectivity index (χ0v) is 15.1. The smallest absolute Gasteiger partial charge is 0.158 e. The van der Waals surface area contributed by atoms with E-state index in [9.17, 15) is 5.11 Å². The molecule has 7 nitrogen and oxygen atoms in total. The van der Waals surface area contributed by atoms with Crippen LogP contribution in [0.2, 0.25) is 0 Å². The molecule has 0 radical (unpaired) electrons. The van der Waals surface area contributed by atoms with Gasteiger partial charge >= 0.3 is 0 Å². The lowest BCUT2D eigenvalue weighted by Crippen LogP contribution is -2.40. The summed E-state index contributed by atoms with van der Waals surface area (Å²) in [6.07, 6.45) is 5.70. The SMILES string of the molecule is CN1CCC[C@@H](Nc2nnc(-c3ccc(C#N)cc3O)c3ccncc23)C1. The van der Waals surface area contributed by atoms with Crippen molar-refractivity contribution < 1.29 is 5.11 Å². The number of hydrogen-bond donors (Lipinski definition) is 2. The topological polar surface area (TPSA) is 98.0 Å². The van der Waals surface area contributed by atoms with Gasteiger partial charge < -0.3 is 15.3 Å². The Morgan fingerprint density at radius 1 is 1.26 bits per heavy atom. The van der Waals surface area contributed by atoms with Gasteiger partial charge in [-0.15, -0.1) is 10.2 Å². The van der Waals surface area contributed by atoms with Gasteiger partial charge in [-0.1, -0.05) is 0 Å². The Balaban J connectivity index is 1.76. The molecule has 0 unspecified atom stereocenters. The lowest BCUT2D eigenvalue weighted by molar-refractivity contribution is 0.261. The standard InChI is InChI=1S/C20H20N6O/c1-26-8-2-3-14(12-26)23-20-17-11-22-7-6-15(17)19(24-25-20)16-5-4-13(10-21)9-18(16)27/h4-7,9,11,14,27H,2-3,8,12H2,1H3,(H,23,25)/t14-/m1/s1. The molecule has 4 rings (SSSR count). The molecule has 1 atom stereocenters. The van der Waals surface area contributed by atoms with Crippen LogP contribution >= 0.6 is 0 Å². The third kappa shape index (κ3) is 3.39. The van der Waals surface area contributed by atoms with E-state index in [0.717, 1.165) is 36.7 Å². The molecule has 27 heavy (non-hydrogen) atoms. The van der Waals surface area contributed by atoms with E-state index in [0.29, 0.717) is 28.7 Å². The summed E-state index contributed by atoms with van der Waals surface area (Å²) in [6, 6.07) is 9.00. The molecule has 1 aliphatic heterocycles. The van der Waals surface area contributed by atoms with Crippen LogP contribution in [0.5, 0.6) is 5.75 Å². The van der Waals surface area contributed by atoms with Crippen LogP contribution in [0, 0.1) is 11.3 Å². The molecule has 2 aromatic heterocycles. The first-order chi connectivity index (χ1) is 13.2. The van der Waals surface area contributed by atoms with E-state index >= 15 is 0 Å². The first kappa shape index (κ1) is 17.2. The molecule has 3 aromatic rings. The second-order valence-electron chi connectivity index (χ2n) is 6.91. The number of piperidine rings is 1. The van der Waals surface area contributed by atoms with Crippen LogP contribution < -0.4 is 5.32 Å². The molecule has 0 aliphatic carbocycles. The van der Waals surface area contributed by atoms with Gasteiger partial charge in [0.05, 0.1) is 11.6 Å². The number of fused-ring (bicyclic) bond motifs is 1. The van der Waals surface area contributed by atoms with Crippen LogP contribution in [0.15, 0.2) is 36.7 Å². The summed E-state index contributed by atoms with van der Waals surface area (Å²) in [5.41, 5.74) is 1.51. The number of pyridine rings is 1. The summed E-state index contributed by atoms with van der Waals surface area (Å²) >= 11 is 0. The summed E-state index contributed by atoms with van der Waals surface area (Å²) in [5, 5.41) is 33.3. The number of phenols is 1. The minimum absolute atomic E-state index is 0.0103. The predicted octanol–water partition coefficient (Wildman–Crippen LogP) is 2.78. The van der Waals surface area contributed by atoms with Gasteiger partial charge in [0.15, 0.2) is 5.82 Å². The van der Waals surface area contributed by atoms with Crippen LogP contribution in [0.4, 0.5) is 5.82 Å². The number of aromatic nitrogens is 3. The summed E-state index contributed by atoms with van der Waals surface area (Å²) in [5.74, 6) is 0.714. The van der Waals surface area contributed by atoms with E-state index in [4.69, 9.17) is 5.26 Å². The zero-order chi connectivity index (χ0) is 18.8. The number of nitrogens with zero attached hydrogens (tertiary/aromatic N) is 5. The summed E-state index contributed by atoms with van der Waals surface area (Å²) in [7, 11) is 2.12. The zero-order valence-electron chi connectivity index (χ0n) is 15.1. The molecule has 1 aromatic carbocycles. The van der Waals surface area contributed by atoms with Crippen LogP contribution in [0.25, 0.3) is 22.0 Å². The van der Waals surface area contributed by atoms with Crippen LogP contribution in [-0.4, -0.2) is 51.4 Å². The van der Waals surface area contributed by atoms with Gasteiger partial charge in [0, 0.05) is 41.3 Å². The molecule has 1 saturated heterocycles. The highest BCUT2D eigenvalue weighted by atomic mass is 16.3. The van der Waals surface area contributed by atoms with E-state index in [-0.39, 0.29) is 5.75 Å². The molecule has 0 amide bonds. The van der Waals surface area contributed by atoms with Gasteiger partial charge in [0.25, 0.3) is 0 Å². The minimum atomic E-state index is 0.0103. The molecule has 136 valence electrons. The largest absolute Gasteiger partial charge is 0.507 e. The molecule has 2 N–H and O–H groups in total. The molecule has 0 spiro atoms. The highest BCUT2D eigenvalue weighted by Crippen LogP contribution is 2.34. The summed E-state index contributed by atoms with van der Waals surface area (Å²) in [6.45, 7) is 2.07. The highest BCUT2D eigenvalue weighted by molar-refractivity contribution is 6.00. The number of aromatic hydroxyl groups is 1. The number of nitriles is 1. The van der Waals surface area contributed by atoms with E-state index in [1.54, 1.807) is 24.5 Å². The monoisotopic (exact) mass is 360 g/mol. The van der Waals surface area contributed by atoms with Crippen molar-refractivity contribution >= 4 is 16.6 Å². The first-order valence-corrected chi connectivity index (χ1v) is 8.94. The molecular weight excluding hydrogens is 340 g/mol.